The van der Waals surface area contributed by atoms with Crippen molar-refractivity contribution in [2.24, 2.45) is 0 Å². The van der Waals surface area contributed by atoms with Gasteiger partial charge in [-0.1, -0.05) is 97.6 Å². The second-order valence-electron chi connectivity index (χ2n) is 8.05. The molecule has 0 spiro atoms. The first-order valence-electron chi connectivity index (χ1n) is 11.1. The van der Waals surface area contributed by atoms with Crippen LogP contribution in [0, 0.1) is 0 Å². The Morgan fingerprint density at radius 3 is 1.73 bits per heavy atom. The van der Waals surface area contributed by atoms with Crippen LogP contribution in [0.4, 0.5) is 4.39 Å². The minimum absolute atomic E-state index is 0.180. The smallest absolute Gasteiger partial charge is 0.163 e. The molecule has 0 amide bonds. The number of hydrogen-bond donors (Lipinski definition) is 0. The number of ether oxygens (including phenoxy) is 4. The molecule has 4 atom stereocenters. The molecule has 33 heavy (non-hydrogen) atoms. The highest BCUT2D eigenvalue weighted by molar-refractivity contribution is 5.16. The Morgan fingerprint density at radius 1 is 0.697 bits per heavy atom. The summed E-state index contributed by atoms with van der Waals surface area (Å²) in [5.41, 5.74) is 2.95. The predicted molar refractivity (Wildman–Crippen MR) is 125 cm³/mol. The zero-order valence-electron chi connectivity index (χ0n) is 18.5. The van der Waals surface area contributed by atoms with Crippen LogP contribution in [0.25, 0.3) is 0 Å². The first-order valence-corrected chi connectivity index (χ1v) is 11.1. The first kappa shape index (κ1) is 23.2. The van der Waals surface area contributed by atoms with Gasteiger partial charge in [0.2, 0.25) is 0 Å². The maximum atomic E-state index is 15.7. The van der Waals surface area contributed by atoms with Crippen LogP contribution in [0.3, 0.4) is 0 Å². The lowest BCUT2D eigenvalue weighted by Crippen LogP contribution is -2.53. The van der Waals surface area contributed by atoms with Crippen molar-refractivity contribution >= 4 is 0 Å². The second kappa shape index (κ2) is 11.8. The van der Waals surface area contributed by atoms with Gasteiger partial charge in [0.25, 0.3) is 0 Å². The molecular weight excluding hydrogens is 419 g/mol. The lowest BCUT2D eigenvalue weighted by atomic mass is 9.99. The summed E-state index contributed by atoms with van der Waals surface area (Å²) in [5.74, 6) is 0.256. The van der Waals surface area contributed by atoms with E-state index in [0.717, 1.165) is 16.7 Å². The van der Waals surface area contributed by atoms with Crippen LogP contribution in [-0.2, 0) is 38.8 Å². The van der Waals surface area contributed by atoms with Crippen LogP contribution in [0.15, 0.2) is 103 Å². The van der Waals surface area contributed by atoms with Gasteiger partial charge in [0, 0.05) is 0 Å². The molecule has 0 aromatic heterocycles. The van der Waals surface area contributed by atoms with Crippen LogP contribution < -0.4 is 0 Å². The Morgan fingerprint density at radius 2 is 1.18 bits per heavy atom. The average Bonchev–Trinajstić information content (AvgIpc) is 2.85. The fourth-order valence-electron chi connectivity index (χ4n) is 3.79. The standard InChI is InChI=1S/C28H29FO4/c1-21-27(31-18-23-13-7-3-8-14-23)26(29)28(32-19-24-15-9-4-10-16-24)25(33-21)20-30-17-22-11-5-2-6-12-22/h2-16,25-28H,1,17-20H2/t25-,26+,27+,28-/m1/s1. The number of alkyl halides is 1. The van der Waals surface area contributed by atoms with Crippen molar-refractivity contribution in [2.45, 2.75) is 44.3 Å². The Kier molecular flexibility index (Phi) is 8.25. The van der Waals surface area contributed by atoms with E-state index in [1.807, 2.05) is 91.0 Å². The lowest BCUT2D eigenvalue weighted by molar-refractivity contribution is -0.186. The molecule has 0 bridgehead atoms. The van der Waals surface area contributed by atoms with Gasteiger partial charge in [-0.25, -0.2) is 4.39 Å². The number of halogens is 1. The SMILES string of the molecule is C=C1O[C@H](COCc2ccccc2)[C@@H](OCc2ccccc2)[C@@H](F)[C@H]1OCc1ccccc1. The van der Waals surface area contributed by atoms with E-state index in [1.165, 1.54) is 0 Å². The summed E-state index contributed by atoms with van der Waals surface area (Å²) in [4.78, 5) is 0. The Balaban J connectivity index is 1.41. The molecule has 1 saturated heterocycles. The van der Waals surface area contributed by atoms with Crippen molar-refractivity contribution in [1.82, 2.24) is 0 Å². The average molecular weight is 449 g/mol. The van der Waals surface area contributed by atoms with E-state index >= 15 is 4.39 Å². The quantitative estimate of drug-likeness (QED) is 0.403. The van der Waals surface area contributed by atoms with Gasteiger partial charge in [-0.05, 0) is 16.7 Å². The maximum absolute atomic E-state index is 15.7. The zero-order valence-corrected chi connectivity index (χ0v) is 18.5. The normalized spacial score (nSPS) is 22.6. The van der Waals surface area contributed by atoms with E-state index < -0.39 is 24.5 Å². The number of rotatable bonds is 10. The minimum Gasteiger partial charge on any atom is -0.487 e. The number of benzene rings is 3. The summed E-state index contributed by atoms with van der Waals surface area (Å²) in [5, 5.41) is 0. The molecule has 5 heteroatoms. The monoisotopic (exact) mass is 448 g/mol. The second-order valence-corrected chi connectivity index (χ2v) is 8.05. The summed E-state index contributed by atoms with van der Waals surface area (Å²) in [6.45, 7) is 5.04. The summed E-state index contributed by atoms with van der Waals surface area (Å²) in [7, 11) is 0. The van der Waals surface area contributed by atoms with Crippen molar-refractivity contribution in [1.29, 1.82) is 0 Å². The summed E-state index contributed by atoms with van der Waals surface area (Å²) >= 11 is 0. The Bertz CT molecular complexity index is 979. The maximum Gasteiger partial charge on any atom is 0.163 e. The van der Waals surface area contributed by atoms with Crippen LogP contribution in [0.5, 0.6) is 0 Å². The van der Waals surface area contributed by atoms with Gasteiger partial charge in [-0.3, -0.25) is 0 Å². The molecule has 1 aliphatic heterocycles. The van der Waals surface area contributed by atoms with Crippen LogP contribution in [0.2, 0.25) is 0 Å². The molecule has 0 N–H and O–H groups in total. The van der Waals surface area contributed by atoms with Gasteiger partial charge in [0.15, 0.2) is 12.3 Å². The van der Waals surface area contributed by atoms with Gasteiger partial charge >= 0.3 is 0 Å². The Hall–Kier alpha value is -2.99. The van der Waals surface area contributed by atoms with E-state index in [0.29, 0.717) is 6.61 Å². The largest absolute Gasteiger partial charge is 0.487 e. The topological polar surface area (TPSA) is 36.9 Å². The van der Waals surface area contributed by atoms with Crippen molar-refractivity contribution in [3.8, 4) is 0 Å². The molecule has 1 aliphatic rings. The lowest BCUT2D eigenvalue weighted by Gasteiger charge is -2.40. The van der Waals surface area contributed by atoms with Crippen LogP contribution in [0.1, 0.15) is 16.7 Å². The fourth-order valence-corrected chi connectivity index (χ4v) is 3.79. The van der Waals surface area contributed by atoms with E-state index in [9.17, 15) is 0 Å². The summed E-state index contributed by atoms with van der Waals surface area (Å²) < 4.78 is 39.5. The molecule has 1 heterocycles. The highest BCUT2D eigenvalue weighted by Crippen LogP contribution is 2.31. The van der Waals surface area contributed by atoms with Gasteiger partial charge in [0.1, 0.15) is 18.0 Å². The van der Waals surface area contributed by atoms with E-state index in [-0.39, 0.29) is 25.6 Å². The fraction of sp³-hybridized carbons (Fsp3) is 0.286. The van der Waals surface area contributed by atoms with E-state index in [4.69, 9.17) is 18.9 Å². The predicted octanol–water partition coefficient (Wildman–Crippen LogP) is 5.62. The molecule has 4 rings (SSSR count). The third kappa shape index (κ3) is 6.51. The minimum atomic E-state index is -1.44. The third-order valence-corrected chi connectivity index (χ3v) is 5.54. The molecule has 172 valence electrons. The van der Waals surface area contributed by atoms with Crippen molar-refractivity contribution < 1.29 is 23.3 Å². The Labute approximate surface area is 194 Å². The molecule has 1 fully saturated rings. The first-order chi connectivity index (χ1) is 16.2. The van der Waals surface area contributed by atoms with Gasteiger partial charge in [-0.2, -0.15) is 0 Å². The molecular formula is C28H29FO4. The molecule has 3 aromatic rings. The zero-order chi connectivity index (χ0) is 22.9. The molecule has 0 radical (unpaired) electrons. The number of hydrogen-bond acceptors (Lipinski definition) is 4. The molecule has 4 nitrogen and oxygen atoms in total. The van der Waals surface area contributed by atoms with E-state index in [2.05, 4.69) is 6.58 Å². The van der Waals surface area contributed by atoms with Gasteiger partial charge in [-0.15, -0.1) is 0 Å². The third-order valence-electron chi connectivity index (χ3n) is 5.54. The highest BCUT2D eigenvalue weighted by atomic mass is 19.1. The van der Waals surface area contributed by atoms with Crippen molar-refractivity contribution in [2.75, 3.05) is 6.61 Å². The van der Waals surface area contributed by atoms with Crippen LogP contribution >= 0.6 is 0 Å². The van der Waals surface area contributed by atoms with Crippen molar-refractivity contribution in [3.63, 3.8) is 0 Å². The molecule has 0 aliphatic carbocycles. The van der Waals surface area contributed by atoms with E-state index in [1.54, 1.807) is 0 Å². The summed E-state index contributed by atoms with van der Waals surface area (Å²) in [6, 6.07) is 29.1. The molecule has 0 unspecified atom stereocenters. The summed E-state index contributed by atoms with van der Waals surface area (Å²) in [6.07, 6.45) is -3.84. The van der Waals surface area contributed by atoms with Gasteiger partial charge < -0.3 is 18.9 Å². The highest BCUT2D eigenvalue weighted by Gasteiger charge is 2.45. The molecule has 3 aromatic carbocycles. The van der Waals surface area contributed by atoms with Crippen molar-refractivity contribution in [3.05, 3.63) is 120 Å². The molecule has 0 saturated carbocycles. The van der Waals surface area contributed by atoms with Gasteiger partial charge in [0.05, 0.1) is 26.4 Å². The van der Waals surface area contributed by atoms with Crippen LogP contribution in [-0.4, -0.2) is 31.1 Å².